The highest BCUT2D eigenvalue weighted by Gasteiger charge is 2.14. The van der Waals surface area contributed by atoms with Crippen LogP contribution in [0.25, 0.3) is 11.0 Å². The Hall–Kier alpha value is -2.06. The molecule has 0 unspecified atom stereocenters. The van der Waals surface area contributed by atoms with Gasteiger partial charge < -0.3 is 9.30 Å². The third-order valence-corrected chi connectivity index (χ3v) is 2.84. The maximum Gasteiger partial charge on any atom is 0.270 e. The third kappa shape index (κ3) is 1.63. The normalized spacial score (nSPS) is 10.2. The second kappa shape index (κ2) is 4.07. The van der Waals surface area contributed by atoms with Crippen LogP contribution >= 0.6 is 11.6 Å². The summed E-state index contributed by atoms with van der Waals surface area (Å²) in [7, 11) is 3.05. The fraction of sp³-hybridized carbons (Fsp3) is 0.182. The van der Waals surface area contributed by atoms with Crippen LogP contribution in [-0.4, -0.2) is 16.7 Å². The first kappa shape index (κ1) is 11.4. The average molecular weight is 250 g/mol. The summed E-state index contributed by atoms with van der Waals surface area (Å²) in [5, 5.41) is 8.96. The zero-order valence-electron chi connectivity index (χ0n) is 9.19. The lowest BCUT2D eigenvalue weighted by Gasteiger charge is -2.08. The molecule has 0 aliphatic rings. The number of methoxy groups -OCH3 is 1. The maximum atomic E-state index is 11.8. The van der Waals surface area contributed by atoms with Gasteiger partial charge in [-0.2, -0.15) is 5.26 Å². The van der Waals surface area contributed by atoms with Gasteiger partial charge in [-0.3, -0.25) is 4.79 Å². The molecule has 0 aliphatic carbocycles. The van der Waals surface area contributed by atoms with E-state index >= 15 is 0 Å². The van der Waals surface area contributed by atoms with Gasteiger partial charge in [0.05, 0.1) is 17.6 Å². The zero-order chi connectivity index (χ0) is 12.6. The highest BCUT2D eigenvalue weighted by Crippen LogP contribution is 2.24. The van der Waals surface area contributed by atoms with E-state index in [4.69, 9.17) is 21.6 Å². The van der Waals surface area contributed by atoms with Gasteiger partial charge in [-0.25, -0.2) is 4.98 Å². The SMILES string of the molecule is COc1ccc2c(n1)c(Cl)c(C#N)c(=O)n2C. The number of halogens is 1. The number of aryl methyl sites for hydroxylation is 1. The Morgan fingerprint density at radius 2 is 2.24 bits per heavy atom. The van der Waals surface area contributed by atoms with Crippen molar-refractivity contribution < 1.29 is 4.74 Å². The van der Waals surface area contributed by atoms with Gasteiger partial charge >= 0.3 is 0 Å². The van der Waals surface area contributed by atoms with Gasteiger partial charge in [0.15, 0.2) is 0 Å². The molecular formula is C11H8ClN3O2. The van der Waals surface area contributed by atoms with Crippen molar-refractivity contribution in [2.75, 3.05) is 7.11 Å². The van der Waals surface area contributed by atoms with E-state index in [0.717, 1.165) is 0 Å². The highest BCUT2D eigenvalue weighted by molar-refractivity contribution is 6.36. The van der Waals surface area contributed by atoms with E-state index in [1.165, 1.54) is 11.7 Å². The van der Waals surface area contributed by atoms with E-state index in [1.54, 1.807) is 25.2 Å². The van der Waals surface area contributed by atoms with Gasteiger partial charge in [-0.05, 0) is 6.07 Å². The molecule has 17 heavy (non-hydrogen) atoms. The number of aromatic nitrogens is 2. The molecule has 0 N–H and O–H groups in total. The topological polar surface area (TPSA) is 67.9 Å². The van der Waals surface area contributed by atoms with E-state index in [-0.39, 0.29) is 10.6 Å². The average Bonchev–Trinajstić information content (AvgIpc) is 2.36. The molecule has 0 bridgehead atoms. The Labute approximate surface area is 102 Å². The van der Waals surface area contributed by atoms with Gasteiger partial charge in [0.2, 0.25) is 5.88 Å². The van der Waals surface area contributed by atoms with Crippen molar-refractivity contribution >= 4 is 22.6 Å². The first-order valence-electron chi connectivity index (χ1n) is 4.73. The van der Waals surface area contributed by atoms with Gasteiger partial charge in [0.1, 0.15) is 17.1 Å². The number of rotatable bonds is 1. The Morgan fingerprint density at radius 1 is 1.53 bits per heavy atom. The van der Waals surface area contributed by atoms with E-state index in [9.17, 15) is 4.79 Å². The van der Waals surface area contributed by atoms with Crippen LogP contribution in [0.5, 0.6) is 5.88 Å². The molecule has 2 aromatic heterocycles. The van der Waals surface area contributed by atoms with Gasteiger partial charge in [0, 0.05) is 13.1 Å². The largest absolute Gasteiger partial charge is 0.481 e. The molecule has 5 nitrogen and oxygen atoms in total. The minimum atomic E-state index is -0.433. The smallest absolute Gasteiger partial charge is 0.270 e. The van der Waals surface area contributed by atoms with Crippen molar-refractivity contribution in [3.05, 3.63) is 33.1 Å². The Kier molecular flexibility index (Phi) is 2.74. The standard InChI is InChI=1S/C11H8ClN3O2/c1-15-7-3-4-8(17-2)14-10(7)9(12)6(5-13)11(15)16/h3-4H,1-2H3. The van der Waals surface area contributed by atoms with E-state index in [1.807, 2.05) is 0 Å². The molecule has 86 valence electrons. The summed E-state index contributed by atoms with van der Waals surface area (Å²) in [6.45, 7) is 0. The van der Waals surface area contributed by atoms with Crippen LogP contribution in [0.1, 0.15) is 5.56 Å². The third-order valence-electron chi connectivity index (χ3n) is 2.48. The first-order chi connectivity index (χ1) is 8.10. The summed E-state index contributed by atoms with van der Waals surface area (Å²) in [5.41, 5.74) is 0.392. The van der Waals surface area contributed by atoms with Crippen LogP contribution in [0.15, 0.2) is 16.9 Å². The zero-order valence-corrected chi connectivity index (χ0v) is 9.95. The number of hydrogen-bond donors (Lipinski definition) is 0. The second-order valence-corrected chi connectivity index (χ2v) is 3.76. The van der Waals surface area contributed by atoms with Gasteiger partial charge in [-0.1, -0.05) is 11.6 Å². The van der Waals surface area contributed by atoms with Gasteiger partial charge in [0.25, 0.3) is 5.56 Å². The van der Waals surface area contributed by atoms with Crippen molar-refractivity contribution in [3.63, 3.8) is 0 Å². The van der Waals surface area contributed by atoms with Crippen LogP contribution in [0.2, 0.25) is 5.02 Å². The number of ether oxygens (including phenoxy) is 1. The van der Waals surface area contributed by atoms with Crippen molar-refractivity contribution in [1.29, 1.82) is 5.26 Å². The van der Waals surface area contributed by atoms with Crippen molar-refractivity contribution in [2.45, 2.75) is 0 Å². The lowest BCUT2D eigenvalue weighted by atomic mass is 10.2. The van der Waals surface area contributed by atoms with E-state index < -0.39 is 5.56 Å². The molecule has 0 amide bonds. The summed E-state index contributed by atoms with van der Waals surface area (Å²) in [5.74, 6) is 0.377. The molecule has 0 aromatic carbocycles. The number of nitrogens with zero attached hydrogens (tertiary/aromatic N) is 3. The summed E-state index contributed by atoms with van der Waals surface area (Å²) in [6, 6.07) is 5.09. The Balaban J connectivity index is 3.00. The quantitative estimate of drug-likeness (QED) is 0.767. The molecule has 2 heterocycles. The predicted molar refractivity (Wildman–Crippen MR) is 63.3 cm³/mol. The molecular weight excluding hydrogens is 242 g/mol. The fourth-order valence-corrected chi connectivity index (χ4v) is 1.83. The van der Waals surface area contributed by atoms with E-state index in [0.29, 0.717) is 16.9 Å². The van der Waals surface area contributed by atoms with Crippen molar-refractivity contribution in [1.82, 2.24) is 9.55 Å². The summed E-state index contributed by atoms with van der Waals surface area (Å²) >= 11 is 5.99. The van der Waals surface area contributed by atoms with Gasteiger partial charge in [-0.15, -0.1) is 0 Å². The lowest BCUT2D eigenvalue weighted by molar-refractivity contribution is 0.399. The number of pyridine rings is 2. The molecule has 0 saturated carbocycles. The summed E-state index contributed by atoms with van der Waals surface area (Å²) < 4.78 is 6.32. The Morgan fingerprint density at radius 3 is 2.82 bits per heavy atom. The molecule has 2 rings (SSSR count). The maximum absolute atomic E-state index is 11.8. The molecule has 0 fully saturated rings. The first-order valence-corrected chi connectivity index (χ1v) is 5.11. The fourth-order valence-electron chi connectivity index (χ4n) is 1.57. The number of fused-ring (bicyclic) bond motifs is 1. The highest BCUT2D eigenvalue weighted by atomic mass is 35.5. The lowest BCUT2D eigenvalue weighted by Crippen LogP contribution is -2.20. The number of hydrogen-bond acceptors (Lipinski definition) is 4. The van der Waals surface area contributed by atoms with Crippen LogP contribution < -0.4 is 10.3 Å². The molecule has 0 atom stereocenters. The van der Waals surface area contributed by atoms with Crippen LogP contribution in [0, 0.1) is 11.3 Å². The molecule has 0 aliphatic heterocycles. The number of nitriles is 1. The summed E-state index contributed by atoms with van der Waals surface area (Å²) in [6.07, 6.45) is 0. The van der Waals surface area contributed by atoms with Crippen molar-refractivity contribution in [3.8, 4) is 11.9 Å². The van der Waals surface area contributed by atoms with E-state index in [2.05, 4.69) is 4.98 Å². The molecule has 0 spiro atoms. The summed E-state index contributed by atoms with van der Waals surface area (Å²) in [4.78, 5) is 15.9. The van der Waals surface area contributed by atoms with Crippen LogP contribution in [0.3, 0.4) is 0 Å². The monoisotopic (exact) mass is 249 g/mol. The Bertz CT molecular complexity index is 700. The minimum absolute atomic E-state index is 0.0597. The molecule has 2 aromatic rings. The molecule has 0 saturated heterocycles. The molecule has 6 heteroatoms. The second-order valence-electron chi connectivity index (χ2n) is 3.39. The van der Waals surface area contributed by atoms with Crippen LogP contribution in [0.4, 0.5) is 0 Å². The van der Waals surface area contributed by atoms with Crippen LogP contribution in [-0.2, 0) is 7.05 Å². The minimum Gasteiger partial charge on any atom is -0.481 e. The van der Waals surface area contributed by atoms with Crippen molar-refractivity contribution in [2.24, 2.45) is 7.05 Å². The predicted octanol–water partition coefficient (Wildman–Crippen LogP) is 1.47. The molecule has 0 radical (unpaired) electrons.